The zero-order chi connectivity index (χ0) is 28.9. The fourth-order valence-electron chi connectivity index (χ4n) is 2.16. The molecule has 0 saturated carbocycles. The first-order valence-corrected chi connectivity index (χ1v) is 10.8. The highest BCUT2D eigenvalue weighted by Gasteiger charge is 2.05. The first kappa shape index (κ1) is 32.9. The van der Waals surface area contributed by atoms with E-state index in [-0.39, 0.29) is 6.03 Å². The maximum absolute atomic E-state index is 11.7. The van der Waals surface area contributed by atoms with Crippen LogP contribution in [0.5, 0.6) is 0 Å². The molecule has 1 heterocycles. The first-order valence-electron chi connectivity index (χ1n) is 10.8. The fraction of sp³-hybridized carbons (Fsp3) is 0.167. The molecule has 14 heteroatoms. The molecular weight excluding hydrogens is 502 g/mol. The molecule has 0 aliphatic rings. The molecule has 1 aromatic heterocycles. The highest BCUT2D eigenvalue weighted by molar-refractivity contribution is 5.89. The Morgan fingerprint density at radius 3 is 1.84 bits per heavy atom. The number of nitrogens with two attached hydrogens (primary N) is 1. The van der Waals surface area contributed by atoms with Crippen molar-refractivity contribution in [3.63, 3.8) is 0 Å². The summed E-state index contributed by atoms with van der Waals surface area (Å²) in [4.78, 5) is 55.3. The van der Waals surface area contributed by atoms with Crippen LogP contribution in [0.1, 0.15) is 0 Å². The second-order valence-corrected chi connectivity index (χ2v) is 7.35. The number of rotatable bonds is 10. The molecule has 2 rings (SSSR count). The van der Waals surface area contributed by atoms with Crippen molar-refractivity contribution >= 4 is 47.1 Å². The molecule has 14 nitrogen and oxygen atoms in total. The number of likely N-dealkylation sites (N-methyl/N-ethyl adjacent to an activating group) is 1. The number of aliphatic carboxylic acids is 4. The van der Waals surface area contributed by atoms with Crippen molar-refractivity contribution in [2.45, 2.75) is 0 Å². The maximum atomic E-state index is 11.7. The van der Waals surface area contributed by atoms with E-state index in [1.54, 1.807) is 6.20 Å². The Bertz CT molecular complexity index is 1040. The van der Waals surface area contributed by atoms with Crippen LogP contribution in [0, 0.1) is 0 Å². The van der Waals surface area contributed by atoms with Gasteiger partial charge in [-0.3, -0.25) is 5.32 Å². The minimum atomic E-state index is -1.51. The number of nitrogens with one attached hydrogen (secondary N) is 3. The SMILES string of the molecule is C[NH+](C)CCNC(=O)Nc1ccc([NH2+]c2ccccc2)nc1.O=C([O-])/C=C/C(=O)O.O=C([O-])/C=C/C(=O)O. The largest absolute Gasteiger partial charge is 0.545 e. The predicted octanol–water partition coefficient (Wildman–Crippen LogP) is -3.37. The van der Waals surface area contributed by atoms with Crippen LogP contribution in [-0.2, 0) is 19.2 Å². The Labute approximate surface area is 217 Å². The summed E-state index contributed by atoms with van der Waals surface area (Å²) in [5, 5.41) is 42.0. The lowest BCUT2D eigenvalue weighted by Gasteiger charge is -2.09. The Balaban J connectivity index is 0.000000705. The third-order valence-electron chi connectivity index (χ3n) is 3.79. The maximum Gasteiger partial charge on any atom is 0.328 e. The number of carbonyl (C=O) groups excluding carboxylic acids is 3. The van der Waals surface area contributed by atoms with Gasteiger partial charge in [-0.1, -0.05) is 18.2 Å². The standard InChI is InChI=1S/C16H21N5O.2C4H4O4/c1-21(2)11-10-17-16(22)20-14-8-9-15(18-12-14)19-13-6-4-3-5-7-13;2*5-3(6)1-2-4(7)8/h3-9,12H,10-11H2,1-2H3,(H,18,19)(H2,17,20,22);2*1-2H,(H,5,6)(H,7,8)/b;2*2-1+. The molecule has 0 spiro atoms. The number of hydrogen-bond acceptors (Lipinski definition) is 8. The van der Waals surface area contributed by atoms with Gasteiger partial charge in [0.1, 0.15) is 5.69 Å². The Morgan fingerprint density at radius 2 is 1.45 bits per heavy atom. The van der Waals surface area contributed by atoms with Crippen molar-refractivity contribution in [3.05, 3.63) is 73.0 Å². The van der Waals surface area contributed by atoms with Crippen molar-refractivity contribution in [1.82, 2.24) is 10.3 Å². The Morgan fingerprint density at radius 1 is 0.895 bits per heavy atom. The number of anilines is 1. The van der Waals surface area contributed by atoms with E-state index in [2.05, 4.69) is 15.6 Å². The number of hydrogen-bond donors (Lipinski definition) is 6. The molecule has 1 aromatic carbocycles. The van der Waals surface area contributed by atoms with E-state index in [0.29, 0.717) is 36.5 Å². The fourth-order valence-corrected chi connectivity index (χ4v) is 2.16. The van der Waals surface area contributed by atoms with Gasteiger partial charge >= 0.3 is 18.0 Å². The number of aromatic nitrogens is 1. The highest BCUT2D eigenvalue weighted by atomic mass is 16.4. The van der Waals surface area contributed by atoms with Crippen LogP contribution in [0.4, 0.5) is 22.0 Å². The summed E-state index contributed by atoms with van der Waals surface area (Å²) in [6.07, 6.45) is 3.54. The molecule has 0 aliphatic heterocycles. The van der Waals surface area contributed by atoms with E-state index < -0.39 is 23.9 Å². The van der Waals surface area contributed by atoms with Crippen molar-refractivity contribution in [2.75, 3.05) is 32.5 Å². The number of benzene rings is 1. The number of para-hydroxylation sites is 1. The molecule has 0 aliphatic carbocycles. The number of amides is 2. The van der Waals surface area contributed by atoms with Gasteiger partial charge in [0.15, 0.2) is 0 Å². The molecule has 0 fully saturated rings. The van der Waals surface area contributed by atoms with Crippen molar-refractivity contribution in [1.29, 1.82) is 0 Å². The van der Waals surface area contributed by atoms with Crippen LogP contribution in [0.3, 0.4) is 0 Å². The van der Waals surface area contributed by atoms with E-state index in [1.807, 2.05) is 61.9 Å². The lowest BCUT2D eigenvalue weighted by molar-refractivity contribution is -0.856. The molecule has 0 bridgehead atoms. The summed E-state index contributed by atoms with van der Waals surface area (Å²) in [6.45, 7) is 1.53. The number of carboxylic acid groups (broad SMARTS) is 4. The Hall–Kier alpha value is -5.08. The number of urea groups is 1. The lowest BCUT2D eigenvalue weighted by Crippen LogP contribution is -3.06. The third-order valence-corrected chi connectivity index (χ3v) is 3.79. The quantitative estimate of drug-likeness (QED) is 0.132. The average molecular weight is 532 g/mol. The van der Waals surface area contributed by atoms with Crippen molar-refractivity contribution < 1.29 is 54.6 Å². The van der Waals surface area contributed by atoms with E-state index in [1.165, 1.54) is 4.90 Å². The minimum absolute atomic E-state index is 0.206. The number of nitrogens with zero attached hydrogens (tertiary/aromatic N) is 1. The number of carboxylic acids is 4. The van der Waals surface area contributed by atoms with Gasteiger partial charge in [0.25, 0.3) is 0 Å². The summed E-state index contributed by atoms with van der Waals surface area (Å²) >= 11 is 0. The van der Waals surface area contributed by atoms with E-state index in [0.717, 1.165) is 18.1 Å². The van der Waals surface area contributed by atoms with Crippen LogP contribution >= 0.6 is 0 Å². The van der Waals surface area contributed by atoms with Crippen LogP contribution in [0.15, 0.2) is 73.0 Å². The van der Waals surface area contributed by atoms with Gasteiger partial charge < -0.3 is 45.5 Å². The third kappa shape index (κ3) is 20.3. The van der Waals surface area contributed by atoms with Gasteiger partial charge in [0.2, 0.25) is 5.82 Å². The zero-order valence-electron chi connectivity index (χ0n) is 20.6. The summed E-state index contributed by atoms with van der Waals surface area (Å²) < 4.78 is 0. The lowest BCUT2D eigenvalue weighted by atomic mass is 10.3. The summed E-state index contributed by atoms with van der Waals surface area (Å²) in [7, 11) is 4.09. The molecular formula is C24H29N5O9. The zero-order valence-corrected chi connectivity index (χ0v) is 20.6. The van der Waals surface area contributed by atoms with Gasteiger partial charge in [-0.25, -0.2) is 19.4 Å². The summed E-state index contributed by atoms with van der Waals surface area (Å²) in [5.74, 6) is -4.75. The molecule has 0 unspecified atom stereocenters. The van der Waals surface area contributed by atoms with E-state index in [4.69, 9.17) is 10.2 Å². The predicted molar refractivity (Wildman–Crippen MR) is 130 cm³/mol. The van der Waals surface area contributed by atoms with Crippen molar-refractivity contribution in [3.8, 4) is 0 Å². The monoisotopic (exact) mass is 531 g/mol. The van der Waals surface area contributed by atoms with Gasteiger partial charge in [0.05, 0.1) is 51.0 Å². The van der Waals surface area contributed by atoms with Crippen LogP contribution in [0.25, 0.3) is 0 Å². The van der Waals surface area contributed by atoms with Crippen molar-refractivity contribution in [2.24, 2.45) is 0 Å². The van der Waals surface area contributed by atoms with Gasteiger partial charge in [-0.2, -0.15) is 0 Å². The van der Waals surface area contributed by atoms with Gasteiger partial charge in [0, 0.05) is 18.2 Å². The second-order valence-electron chi connectivity index (χ2n) is 7.35. The number of carbonyl (C=O) groups is 5. The van der Waals surface area contributed by atoms with Gasteiger partial charge in [-0.05, 0) is 30.4 Å². The molecule has 38 heavy (non-hydrogen) atoms. The molecule has 2 amide bonds. The van der Waals surface area contributed by atoms with Crippen LogP contribution in [0.2, 0.25) is 0 Å². The smallest absolute Gasteiger partial charge is 0.328 e. The van der Waals surface area contributed by atoms with E-state index >= 15 is 0 Å². The molecule has 0 saturated heterocycles. The summed E-state index contributed by atoms with van der Waals surface area (Å²) in [6, 6.07) is 13.5. The van der Waals surface area contributed by atoms with E-state index in [9.17, 15) is 34.2 Å². The minimum Gasteiger partial charge on any atom is -0.545 e. The average Bonchev–Trinajstić information content (AvgIpc) is 2.84. The second kappa shape index (κ2) is 19.1. The van der Waals surface area contributed by atoms with Crippen LogP contribution < -0.4 is 31.1 Å². The summed E-state index contributed by atoms with van der Waals surface area (Å²) in [5.41, 5.74) is 1.78. The number of quaternary nitrogens is 2. The topological polar surface area (TPSA) is 230 Å². The normalized spacial score (nSPS) is 10.1. The Kier molecular flexibility index (Phi) is 16.6. The molecule has 204 valence electrons. The highest BCUT2D eigenvalue weighted by Crippen LogP contribution is 2.07. The number of pyridine rings is 1. The van der Waals surface area contributed by atoms with Gasteiger partial charge in [-0.15, -0.1) is 0 Å². The first-order chi connectivity index (χ1) is 17.9. The molecule has 2 aromatic rings. The molecule has 0 atom stereocenters. The van der Waals surface area contributed by atoms with Crippen LogP contribution in [-0.4, -0.2) is 72.3 Å². The molecule has 7 N–H and O–H groups in total. The molecule has 0 radical (unpaired) electrons.